The number of morpholine rings is 1. The first-order chi connectivity index (χ1) is 16.3. The van der Waals surface area contributed by atoms with Crippen molar-refractivity contribution in [3.05, 3.63) is 47.0 Å². The fourth-order valence-corrected chi connectivity index (χ4v) is 4.81. The normalized spacial score (nSPS) is 18.8. The van der Waals surface area contributed by atoms with Crippen molar-refractivity contribution in [1.82, 2.24) is 14.5 Å². The molecule has 3 heterocycles. The Morgan fingerprint density at radius 1 is 1.21 bits per heavy atom. The Balaban J connectivity index is 1.58. The van der Waals surface area contributed by atoms with E-state index in [4.69, 9.17) is 16.3 Å². The molecule has 1 aromatic heterocycles. The Morgan fingerprint density at radius 3 is 2.65 bits per heavy atom. The third-order valence-corrected chi connectivity index (χ3v) is 6.55. The van der Waals surface area contributed by atoms with Gasteiger partial charge in [-0.05, 0) is 36.8 Å². The van der Waals surface area contributed by atoms with Gasteiger partial charge in [0.05, 0.1) is 35.9 Å². The van der Waals surface area contributed by atoms with Crippen LogP contribution < -0.4 is 4.90 Å². The quantitative estimate of drug-likeness (QED) is 0.556. The number of carbonyl (C=O) groups excluding carboxylic acids is 2. The van der Waals surface area contributed by atoms with Gasteiger partial charge in [0.25, 0.3) is 0 Å². The summed E-state index contributed by atoms with van der Waals surface area (Å²) in [6.07, 6.45) is 0.635. The lowest BCUT2D eigenvalue weighted by molar-refractivity contribution is -0.136. The van der Waals surface area contributed by atoms with Crippen LogP contribution in [0.1, 0.15) is 19.8 Å². The number of ether oxygens (including phenoxy) is 1. The maximum Gasteiger partial charge on any atom is 0.227 e. The van der Waals surface area contributed by atoms with Crippen LogP contribution in [-0.4, -0.2) is 58.6 Å². The largest absolute Gasteiger partial charge is 0.373 e. The fraction of sp³-hybridized carbons (Fsp3) is 0.375. The van der Waals surface area contributed by atoms with Crippen molar-refractivity contribution >= 4 is 40.1 Å². The number of rotatable bonds is 4. The standard InChI is InChI=1S/C24H23ClF2N4O3/c1-14(32)29-7-8-34-17(12-29)13-31-21-5-4-15(25)9-20(21)28-24(31)23-18(26)10-16(11-19(23)27)30-6-2-3-22(30)33/h4-5,9-11,17H,2-3,6-8,12-13H2,1H3. The number of hydrogen-bond donors (Lipinski definition) is 0. The van der Waals surface area contributed by atoms with Gasteiger partial charge in [-0.1, -0.05) is 11.6 Å². The van der Waals surface area contributed by atoms with Gasteiger partial charge in [-0.3, -0.25) is 9.59 Å². The van der Waals surface area contributed by atoms with Crippen molar-refractivity contribution in [1.29, 1.82) is 0 Å². The molecule has 0 bridgehead atoms. The number of nitrogens with zero attached hydrogens (tertiary/aromatic N) is 4. The van der Waals surface area contributed by atoms with Gasteiger partial charge in [0.1, 0.15) is 17.5 Å². The number of carbonyl (C=O) groups is 2. The van der Waals surface area contributed by atoms with Crippen LogP contribution >= 0.6 is 11.6 Å². The number of hydrogen-bond acceptors (Lipinski definition) is 4. The third kappa shape index (κ3) is 4.14. The Kier molecular flexibility index (Phi) is 5.99. The molecule has 0 radical (unpaired) electrons. The van der Waals surface area contributed by atoms with Gasteiger partial charge in [-0.15, -0.1) is 0 Å². The summed E-state index contributed by atoms with van der Waals surface area (Å²) in [5.74, 6) is -1.74. The molecule has 5 rings (SSSR count). The maximum atomic E-state index is 15.4. The van der Waals surface area contributed by atoms with Gasteiger partial charge in [0, 0.05) is 43.7 Å². The van der Waals surface area contributed by atoms with Crippen molar-refractivity contribution in [3.63, 3.8) is 0 Å². The van der Waals surface area contributed by atoms with Gasteiger partial charge in [-0.2, -0.15) is 0 Å². The number of imidazole rings is 1. The van der Waals surface area contributed by atoms with Crippen molar-refractivity contribution in [2.45, 2.75) is 32.4 Å². The van der Waals surface area contributed by atoms with E-state index in [-0.39, 0.29) is 41.5 Å². The van der Waals surface area contributed by atoms with E-state index in [2.05, 4.69) is 4.98 Å². The molecule has 2 saturated heterocycles. The number of benzene rings is 2. The van der Waals surface area contributed by atoms with Gasteiger partial charge in [0.2, 0.25) is 11.8 Å². The van der Waals surface area contributed by atoms with Gasteiger partial charge in [-0.25, -0.2) is 13.8 Å². The van der Waals surface area contributed by atoms with Crippen molar-refractivity contribution < 1.29 is 23.1 Å². The summed E-state index contributed by atoms with van der Waals surface area (Å²) in [6, 6.07) is 7.41. The van der Waals surface area contributed by atoms with Crippen molar-refractivity contribution in [3.8, 4) is 11.4 Å². The van der Waals surface area contributed by atoms with Gasteiger partial charge < -0.3 is 19.1 Å². The Morgan fingerprint density at radius 2 is 1.97 bits per heavy atom. The zero-order valence-electron chi connectivity index (χ0n) is 18.6. The lowest BCUT2D eigenvalue weighted by Crippen LogP contribution is -2.46. The SMILES string of the molecule is CC(=O)N1CCOC(Cn2c(-c3c(F)cc(N4CCCC4=O)cc3F)nc3cc(Cl)ccc32)C1. The topological polar surface area (TPSA) is 67.7 Å². The maximum absolute atomic E-state index is 15.4. The minimum Gasteiger partial charge on any atom is -0.373 e. The number of anilines is 1. The minimum atomic E-state index is -0.813. The molecule has 0 aliphatic carbocycles. The van der Waals surface area contributed by atoms with E-state index in [1.54, 1.807) is 27.7 Å². The highest BCUT2D eigenvalue weighted by molar-refractivity contribution is 6.31. The number of amides is 2. The van der Waals surface area contributed by atoms with E-state index < -0.39 is 11.6 Å². The summed E-state index contributed by atoms with van der Waals surface area (Å²) in [5, 5.41) is 0.448. The van der Waals surface area contributed by atoms with Gasteiger partial charge >= 0.3 is 0 Å². The summed E-state index contributed by atoms with van der Waals surface area (Å²) in [6.45, 7) is 3.41. The lowest BCUT2D eigenvalue weighted by atomic mass is 10.1. The number of halogens is 3. The molecular weight excluding hydrogens is 466 g/mol. The third-order valence-electron chi connectivity index (χ3n) is 6.32. The van der Waals surface area contributed by atoms with E-state index in [9.17, 15) is 9.59 Å². The minimum absolute atomic E-state index is 0.0556. The van der Waals surface area contributed by atoms with Crippen LogP contribution in [0.5, 0.6) is 0 Å². The second-order valence-corrected chi connectivity index (χ2v) is 9.01. The molecule has 2 aliphatic heterocycles. The summed E-state index contributed by atoms with van der Waals surface area (Å²) >= 11 is 6.14. The molecule has 0 saturated carbocycles. The molecule has 178 valence electrons. The molecule has 2 amide bonds. The predicted octanol–water partition coefficient (Wildman–Crippen LogP) is 4.01. The molecule has 0 N–H and O–H groups in total. The van der Waals surface area contributed by atoms with Crippen LogP contribution in [-0.2, 0) is 20.9 Å². The molecule has 2 fully saturated rings. The van der Waals surface area contributed by atoms with Crippen LogP contribution in [0.25, 0.3) is 22.4 Å². The monoisotopic (exact) mass is 488 g/mol. The highest BCUT2D eigenvalue weighted by atomic mass is 35.5. The summed E-state index contributed by atoms with van der Waals surface area (Å²) in [7, 11) is 0. The fourth-order valence-electron chi connectivity index (χ4n) is 4.65. The first-order valence-corrected chi connectivity index (χ1v) is 11.5. The van der Waals surface area contributed by atoms with E-state index >= 15 is 8.78 Å². The average molecular weight is 489 g/mol. The Bertz CT molecular complexity index is 1270. The molecule has 3 aromatic rings. The molecule has 1 unspecified atom stereocenters. The average Bonchev–Trinajstić information content (AvgIpc) is 3.37. The van der Waals surface area contributed by atoms with Crippen molar-refractivity contribution in [2.75, 3.05) is 31.1 Å². The highest BCUT2D eigenvalue weighted by Crippen LogP contribution is 2.34. The van der Waals surface area contributed by atoms with E-state index in [0.29, 0.717) is 55.1 Å². The van der Waals surface area contributed by atoms with E-state index in [1.165, 1.54) is 24.0 Å². The highest BCUT2D eigenvalue weighted by Gasteiger charge is 2.28. The lowest BCUT2D eigenvalue weighted by Gasteiger charge is -2.32. The molecule has 2 aromatic carbocycles. The summed E-state index contributed by atoms with van der Waals surface area (Å²) in [4.78, 5) is 31.5. The first-order valence-electron chi connectivity index (χ1n) is 11.1. The van der Waals surface area contributed by atoms with Crippen LogP contribution in [0.2, 0.25) is 5.02 Å². The molecule has 2 aliphatic rings. The van der Waals surface area contributed by atoms with Crippen LogP contribution in [0.4, 0.5) is 14.5 Å². The Hall–Kier alpha value is -3.04. The molecular formula is C24H23ClF2N4O3. The van der Waals surface area contributed by atoms with Crippen LogP contribution in [0.15, 0.2) is 30.3 Å². The van der Waals surface area contributed by atoms with Crippen LogP contribution in [0.3, 0.4) is 0 Å². The molecule has 7 nitrogen and oxygen atoms in total. The summed E-state index contributed by atoms with van der Waals surface area (Å²) < 4.78 is 38.3. The molecule has 1 atom stereocenters. The van der Waals surface area contributed by atoms with E-state index in [0.717, 1.165) is 0 Å². The first kappa shape index (κ1) is 22.7. The van der Waals surface area contributed by atoms with Crippen molar-refractivity contribution in [2.24, 2.45) is 0 Å². The number of aromatic nitrogens is 2. The second kappa shape index (κ2) is 8.96. The predicted molar refractivity (Wildman–Crippen MR) is 124 cm³/mol. The van der Waals surface area contributed by atoms with Gasteiger partial charge in [0.15, 0.2) is 0 Å². The smallest absolute Gasteiger partial charge is 0.227 e. The molecule has 34 heavy (non-hydrogen) atoms. The van der Waals surface area contributed by atoms with E-state index in [1.807, 2.05) is 0 Å². The molecule has 0 spiro atoms. The molecule has 10 heteroatoms. The van der Waals surface area contributed by atoms with Crippen LogP contribution in [0, 0.1) is 11.6 Å². The zero-order chi connectivity index (χ0) is 24.0. The number of fused-ring (bicyclic) bond motifs is 1. The second-order valence-electron chi connectivity index (χ2n) is 8.57. The zero-order valence-corrected chi connectivity index (χ0v) is 19.3. The Labute approximate surface area is 199 Å². The summed E-state index contributed by atoms with van der Waals surface area (Å²) in [5.41, 5.74) is 1.03.